The molecule has 0 bridgehead atoms. The zero-order chi connectivity index (χ0) is 13.2. The summed E-state index contributed by atoms with van der Waals surface area (Å²) in [5.41, 5.74) is 1.01. The fourth-order valence-electron chi connectivity index (χ4n) is 2.04. The van der Waals surface area contributed by atoms with Crippen molar-refractivity contribution in [2.75, 3.05) is 19.7 Å². The molecule has 0 spiro atoms. The van der Waals surface area contributed by atoms with E-state index in [0.717, 1.165) is 23.8 Å². The van der Waals surface area contributed by atoms with E-state index in [1.165, 1.54) is 4.88 Å². The fourth-order valence-corrected chi connectivity index (χ4v) is 2.91. The molecule has 1 aliphatic rings. The molecular formula is C13H22N2O2S. The molecule has 1 unspecified atom stereocenters. The Hall–Kier alpha value is -0.490. The van der Waals surface area contributed by atoms with Crippen LogP contribution in [0.5, 0.6) is 0 Å². The second kappa shape index (κ2) is 5.65. The van der Waals surface area contributed by atoms with Gasteiger partial charge < -0.3 is 14.8 Å². The first-order valence-electron chi connectivity index (χ1n) is 6.35. The van der Waals surface area contributed by atoms with E-state index in [1.807, 2.05) is 6.92 Å². The van der Waals surface area contributed by atoms with E-state index in [-0.39, 0.29) is 11.7 Å². The molecule has 1 saturated heterocycles. The molecule has 18 heavy (non-hydrogen) atoms. The number of hydrogen-bond acceptors (Lipinski definition) is 5. The van der Waals surface area contributed by atoms with Crippen molar-refractivity contribution in [3.8, 4) is 0 Å². The van der Waals surface area contributed by atoms with E-state index in [0.29, 0.717) is 13.2 Å². The minimum absolute atomic E-state index is 0.0966. The molecule has 4 nitrogen and oxygen atoms in total. The minimum atomic E-state index is -0.0966. The number of thiazole rings is 1. The highest BCUT2D eigenvalue weighted by molar-refractivity contribution is 7.11. The third-order valence-corrected chi connectivity index (χ3v) is 4.06. The highest BCUT2D eigenvalue weighted by atomic mass is 32.1. The van der Waals surface area contributed by atoms with Gasteiger partial charge in [0, 0.05) is 18.0 Å². The molecule has 0 amide bonds. The quantitative estimate of drug-likeness (QED) is 0.909. The Labute approximate surface area is 113 Å². The lowest BCUT2D eigenvalue weighted by Gasteiger charge is -2.36. The van der Waals surface area contributed by atoms with Gasteiger partial charge >= 0.3 is 0 Å². The zero-order valence-corrected chi connectivity index (χ0v) is 12.4. The predicted octanol–water partition coefficient (Wildman–Crippen LogP) is 2.04. The van der Waals surface area contributed by atoms with Gasteiger partial charge in [-0.15, -0.1) is 11.3 Å². The van der Waals surface area contributed by atoms with Crippen molar-refractivity contribution >= 4 is 11.3 Å². The number of morpholine rings is 1. The first kappa shape index (κ1) is 13.9. The predicted molar refractivity (Wildman–Crippen MR) is 73.1 cm³/mol. The van der Waals surface area contributed by atoms with Crippen molar-refractivity contribution < 1.29 is 9.47 Å². The van der Waals surface area contributed by atoms with Crippen LogP contribution in [-0.2, 0) is 16.1 Å². The van der Waals surface area contributed by atoms with Gasteiger partial charge in [0.25, 0.3) is 0 Å². The SMILES string of the molecule is Cc1nc(COCC2CNCC(C)(C)O2)sc1C. The van der Waals surface area contributed by atoms with E-state index in [1.54, 1.807) is 11.3 Å². The molecule has 0 aliphatic carbocycles. The van der Waals surface area contributed by atoms with Crippen LogP contribution < -0.4 is 5.32 Å². The molecule has 1 aromatic rings. The van der Waals surface area contributed by atoms with Crippen LogP contribution in [0.2, 0.25) is 0 Å². The molecule has 1 atom stereocenters. The number of nitrogens with one attached hydrogen (secondary N) is 1. The third kappa shape index (κ3) is 3.75. The lowest BCUT2D eigenvalue weighted by atomic mass is 10.1. The first-order valence-corrected chi connectivity index (χ1v) is 7.17. The van der Waals surface area contributed by atoms with Crippen LogP contribution in [-0.4, -0.2) is 36.4 Å². The maximum absolute atomic E-state index is 5.94. The van der Waals surface area contributed by atoms with Gasteiger partial charge in [0.15, 0.2) is 0 Å². The Kier molecular flexibility index (Phi) is 4.37. The Morgan fingerprint density at radius 3 is 2.89 bits per heavy atom. The second-order valence-corrected chi connectivity index (χ2v) is 6.68. The minimum Gasteiger partial charge on any atom is -0.372 e. The van der Waals surface area contributed by atoms with Crippen molar-refractivity contribution in [3.05, 3.63) is 15.6 Å². The number of ether oxygens (including phenoxy) is 2. The van der Waals surface area contributed by atoms with Crippen LogP contribution in [0.4, 0.5) is 0 Å². The van der Waals surface area contributed by atoms with Crippen molar-refractivity contribution in [1.82, 2.24) is 10.3 Å². The molecule has 1 aromatic heterocycles. The maximum Gasteiger partial charge on any atom is 0.119 e. The molecule has 1 fully saturated rings. The van der Waals surface area contributed by atoms with Crippen molar-refractivity contribution in [3.63, 3.8) is 0 Å². The van der Waals surface area contributed by atoms with Gasteiger partial charge in [-0.05, 0) is 27.7 Å². The molecule has 1 aliphatic heterocycles. The summed E-state index contributed by atoms with van der Waals surface area (Å²) in [5, 5.41) is 4.42. The van der Waals surface area contributed by atoms with Crippen LogP contribution in [0.1, 0.15) is 29.4 Å². The van der Waals surface area contributed by atoms with Gasteiger partial charge in [0.1, 0.15) is 5.01 Å². The monoisotopic (exact) mass is 270 g/mol. The topological polar surface area (TPSA) is 43.4 Å². The van der Waals surface area contributed by atoms with E-state index >= 15 is 0 Å². The summed E-state index contributed by atoms with van der Waals surface area (Å²) in [5.74, 6) is 0. The van der Waals surface area contributed by atoms with Gasteiger partial charge in [-0.1, -0.05) is 0 Å². The molecule has 0 aromatic carbocycles. The van der Waals surface area contributed by atoms with Crippen LogP contribution in [0, 0.1) is 13.8 Å². The number of hydrogen-bond donors (Lipinski definition) is 1. The van der Waals surface area contributed by atoms with Crippen LogP contribution in [0.3, 0.4) is 0 Å². The second-order valence-electron chi connectivity index (χ2n) is 5.39. The molecule has 5 heteroatoms. The molecular weight excluding hydrogens is 248 g/mol. The summed E-state index contributed by atoms with van der Waals surface area (Å²) in [4.78, 5) is 5.73. The first-order chi connectivity index (χ1) is 8.46. The molecule has 1 N–H and O–H groups in total. The average molecular weight is 270 g/mol. The largest absolute Gasteiger partial charge is 0.372 e. The van der Waals surface area contributed by atoms with Crippen LogP contribution in [0.25, 0.3) is 0 Å². The number of aromatic nitrogens is 1. The Balaban J connectivity index is 1.75. The highest BCUT2D eigenvalue weighted by Gasteiger charge is 2.28. The molecule has 102 valence electrons. The lowest BCUT2D eigenvalue weighted by molar-refractivity contribution is -0.122. The van der Waals surface area contributed by atoms with Crippen molar-refractivity contribution in [2.45, 2.75) is 46.0 Å². The van der Waals surface area contributed by atoms with Gasteiger partial charge in [-0.3, -0.25) is 0 Å². The standard InChI is InChI=1S/C13H22N2O2S/c1-9-10(2)18-12(15-9)7-16-6-11-5-14-8-13(3,4)17-11/h11,14H,5-8H2,1-4H3. The third-order valence-electron chi connectivity index (χ3n) is 3.01. The van der Waals surface area contributed by atoms with E-state index in [9.17, 15) is 0 Å². The number of aryl methyl sites for hydroxylation is 2. The number of nitrogens with zero attached hydrogens (tertiary/aromatic N) is 1. The summed E-state index contributed by atoms with van der Waals surface area (Å²) in [6, 6.07) is 0. The summed E-state index contributed by atoms with van der Waals surface area (Å²) in [6.07, 6.45) is 0.135. The van der Waals surface area contributed by atoms with Gasteiger partial charge in [-0.25, -0.2) is 4.98 Å². The molecule has 0 radical (unpaired) electrons. The summed E-state index contributed by atoms with van der Waals surface area (Å²) < 4.78 is 11.6. The number of rotatable bonds is 4. The van der Waals surface area contributed by atoms with Crippen LogP contribution in [0.15, 0.2) is 0 Å². The Morgan fingerprint density at radius 2 is 2.28 bits per heavy atom. The molecule has 2 heterocycles. The molecule has 0 saturated carbocycles. The zero-order valence-electron chi connectivity index (χ0n) is 11.6. The van der Waals surface area contributed by atoms with E-state index in [2.05, 4.69) is 31.1 Å². The van der Waals surface area contributed by atoms with Gasteiger partial charge in [0.05, 0.1) is 30.6 Å². The normalized spacial score (nSPS) is 23.2. The van der Waals surface area contributed by atoms with Gasteiger partial charge in [0.2, 0.25) is 0 Å². The van der Waals surface area contributed by atoms with E-state index in [4.69, 9.17) is 9.47 Å². The highest BCUT2D eigenvalue weighted by Crippen LogP contribution is 2.18. The van der Waals surface area contributed by atoms with E-state index < -0.39 is 0 Å². The lowest BCUT2D eigenvalue weighted by Crippen LogP contribution is -2.51. The Morgan fingerprint density at radius 1 is 1.50 bits per heavy atom. The van der Waals surface area contributed by atoms with Crippen LogP contribution >= 0.6 is 11.3 Å². The summed E-state index contributed by atoms with van der Waals surface area (Å²) in [7, 11) is 0. The Bertz CT molecular complexity index is 384. The summed E-state index contributed by atoms with van der Waals surface area (Å²) in [6.45, 7) is 11.3. The average Bonchev–Trinajstić information content (AvgIpc) is 2.57. The molecule has 2 rings (SSSR count). The van der Waals surface area contributed by atoms with Crippen molar-refractivity contribution in [2.24, 2.45) is 0 Å². The van der Waals surface area contributed by atoms with Crippen molar-refractivity contribution in [1.29, 1.82) is 0 Å². The van der Waals surface area contributed by atoms with Gasteiger partial charge in [-0.2, -0.15) is 0 Å². The smallest absolute Gasteiger partial charge is 0.119 e. The maximum atomic E-state index is 5.94. The fraction of sp³-hybridized carbons (Fsp3) is 0.769. The summed E-state index contributed by atoms with van der Waals surface area (Å²) >= 11 is 1.71.